The molecule has 0 saturated carbocycles. The molecule has 0 N–H and O–H groups in total. The Balaban J connectivity index is 2.01. The third kappa shape index (κ3) is 3.47. The Morgan fingerprint density at radius 1 is 0.571 bits per heavy atom. The molecule has 2 fully saturated rings. The lowest BCUT2D eigenvalue weighted by atomic mass is 9.68. The van der Waals surface area contributed by atoms with Gasteiger partial charge in [0.15, 0.2) is 0 Å². The van der Waals surface area contributed by atoms with Crippen molar-refractivity contribution < 1.29 is 18.6 Å². The van der Waals surface area contributed by atoms with Gasteiger partial charge >= 0.3 is 14.2 Å². The molecule has 1 aromatic carbocycles. The van der Waals surface area contributed by atoms with Crippen LogP contribution >= 0.6 is 0 Å². The highest BCUT2D eigenvalue weighted by Crippen LogP contribution is 2.38. The van der Waals surface area contributed by atoms with Gasteiger partial charge in [-0.3, -0.25) is 0 Å². The molecule has 2 aliphatic heterocycles. The maximum Gasteiger partial charge on any atom is 0.495 e. The van der Waals surface area contributed by atoms with Crippen LogP contribution in [0.15, 0.2) is 12.1 Å². The van der Waals surface area contributed by atoms with Crippen molar-refractivity contribution in [3.8, 4) is 0 Å². The number of aryl methyl sites for hydroxylation is 2. The van der Waals surface area contributed by atoms with E-state index in [9.17, 15) is 0 Å². The lowest BCUT2D eigenvalue weighted by molar-refractivity contribution is 0.00578. The Morgan fingerprint density at radius 3 is 1.04 bits per heavy atom. The summed E-state index contributed by atoms with van der Waals surface area (Å²) in [5, 5.41) is 0. The molecule has 0 unspecified atom stereocenters. The lowest BCUT2D eigenvalue weighted by Gasteiger charge is -2.32. The van der Waals surface area contributed by atoms with E-state index in [1.165, 1.54) is 11.1 Å². The zero-order valence-corrected chi connectivity index (χ0v) is 19.4. The third-order valence-electron chi connectivity index (χ3n) is 7.18. The fourth-order valence-corrected chi connectivity index (χ4v) is 3.72. The Kier molecular flexibility index (Phi) is 5.37. The monoisotopic (exact) mass is 386 g/mol. The Morgan fingerprint density at radius 2 is 0.821 bits per heavy atom. The second-order valence-corrected chi connectivity index (χ2v) is 10.1. The standard InChI is InChI=1S/C22H36B2O4/c1-11-15-13-18(24-27-21(7,8)22(9,10)28-24)16(12-2)14-17(15)23-25-19(3,4)20(5,6)26-23/h13-14H,11-12H2,1-10H3. The van der Waals surface area contributed by atoms with Gasteiger partial charge in [-0.25, -0.2) is 0 Å². The zero-order chi connectivity index (χ0) is 21.1. The minimum Gasteiger partial charge on any atom is -0.399 e. The van der Waals surface area contributed by atoms with Gasteiger partial charge in [-0.05, 0) is 90.3 Å². The first-order valence-electron chi connectivity index (χ1n) is 10.6. The van der Waals surface area contributed by atoms with Crippen molar-refractivity contribution in [2.45, 2.75) is 104 Å². The molecule has 4 nitrogen and oxygen atoms in total. The Labute approximate surface area is 171 Å². The van der Waals surface area contributed by atoms with Crippen LogP contribution in [0.3, 0.4) is 0 Å². The van der Waals surface area contributed by atoms with Gasteiger partial charge in [0.2, 0.25) is 0 Å². The molecule has 0 aliphatic carbocycles. The minimum atomic E-state index is -0.349. The first-order valence-corrected chi connectivity index (χ1v) is 10.6. The molecule has 6 heteroatoms. The summed E-state index contributed by atoms with van der Waals surface area (Å²) in [5.41, 5.74) is 3.30. The van der Waals surface area contributed by atoms with E-state index in [-0.39, 0.29) is 36.6 Å². The molecule has 154 valence electrons. The maximum atomic E-state index is 6.34. The summed E-state index contributed by atoms with van der Waals surface area (Å²) in [5.74, 6) is 0. The number of rotatable bonds is 4. The highest BCUT2D eigenvalue weighted by atomic mass is 16.7. The summed E-state index contributed by atoms with van der Waals surface area (Å²) in [6, 6.07) is 4.47. The van der Waals surface area contributed by atoms with E-state index in [0.717, 1.165) is 23.8 Å². The van der Waals surface area contributed by atoms with E-state index < -0.39 is 0 Å². The molecule has 2 heterocycles. The summed E-state index contributed by atoms with van der Waals surface area (Å²) in [4.78, 5) is 0. The smallest absolute Gasteiger partial charge is 0.399 e. The summed E-state index contributed by atoms with van der Waals surface area (Å²) < 4.78 is 25.4. The first kappa shape index (κ1) is 21.9. The summed E-state index contributed by atoms with van der Waals surface area (Å²) >= 11 is 0. The third-order valence-corrected chi connectivity index (χ3v) is 7.18. The average Bonchev–Trinajstić information content (AvgIpc) is 2.93. The molecule has 0 spiro atoms. The van der Waals surface area contributed by atoms with Gasteiger partial charge in [0, 0.05) is 0 Å². The topological polar surface area (TPSA) is 36.9 Å². The first-order chi connectivity index (χ1) is 12.7. The van der Waals surface area contributed by atoms with Crippen LogP contribution in [0, 0.1) is 0 Å². The van der Waals surface area contributed by atoms with Gasteiger partial charge in [0.05, 0.1) is 22.4 Å². The largest absolute Gasteiger partial charge is 0.495 e. The van der Waals surface area contributed by atoms with Crippen molar-refractivity contribution in [3.63, 3.8) is 0 Å². The summed E-state index contributed by atoms with van der Waals surface area (Å²) in [6.45, 7) is 21.1. The summed E-state index contributed by atoms with van der Waals surface area (Å²) in [6.07, 6.45) is 1.80. The van der Waals surface area contributed by atoms with E-state index in [2.05, 4.69) is 81.4 Å². The van der Waals surface area contributed by atoms with Gasteiger partial charge in [0.25, 0.3) is 0 Å². The number of benzene rings is 1. The molecule has 3 rings (SSSR count). The van der Waals surface area contributed by atoms with Gasteiger partial charge in [-0.2, -0.15) is 0 Å². The van der Waals surface area contributed by atoms with Crippen LogP contribution < -0.4 is 10.9 Å². The predicted octanol–water partition coefficient (Wildman–Crippen LogP) is 3.41. The Hall–Kier alpha value is -0.810. The summed E-state index contributed by atoms with van der Waals surface area (Å²) in [7, 11) is -0.699. The van der Waals surface area contributed by atoms with E-state index >= 15 is 0 Å². The van der Waals surface area contributed by atoms with Crippen LogP contribution in [0.1, 0.15) is 80.4 Å². The van der Waals surface area contributed by atoms with Crippen molar-refractivity contribution in [2.75, 3.05) is 0 Å². The average molecular weight is 386 g/mol. The van der Waals surface area contributed by atoms with Crippen molar-refractivity contribution >= 4 is 25.2 Å². The molecule has 2 saturated heterocycles. The SMILES string of the molecule is CCc1cc(B2OC(C)(C)C(C)(C)O2)c(CC)cc1B1OC(C)(C)C(C)(C)O1. The molecule has 0 bridgehead atoms. The molecule has 0 atom stereocenters. The van der Waals surface area contributed by atoms with Crippen molar-refractivity contribution in [1.82, 2.24) is 0 Å². The molecule has 2 aliphatic rings. The molecule has 28 heavy (non-hydrogen) atoms. The minimum absolute atomic E-state index is 0.348. The predicted molar refractivity (Wildman–Crippen MR) is 117 cm³/mol. The quantitative estimate of drug-likeness (QED) is 0.744. The van der Waals surface area contributed by atoms with Crippen LogP contribution in [-0.4, -0.2) is 36.6 Å². The van der Waals surface area contributed by atoms with Gasteiger partial charge in [-0.1, -0.05) is 26.0 Å². The van der Waals surface area contributed by atoms with Crippen molar-refractivity contribution in [1.29, 1.82) is 0 Å². The van der Waals surface area contributed by atoms with Crippen LogP contribution in [0.25, 0.3) is 0 Å². The lowest BCUT2D eigenvalue weighted by Crippen LogP contribution is -2.42. The fraction of sp³-hybridized carbons (Fsp3) is 0.727. The van der Waals surface area contributed by atoms with E-state index in [0.29, 0.717) is 0 Å². The van der Waals surface area contributed by atoms with Crippen LogP contribution in [0.4, 0.5) is 0 Å². The highest BCUT2D eigenvalue weighted by Gasteiger charge is 2.54. The van der Waals surface area contributed by atoms with Gasteiger partial charge in [0.1, 0.15) is 0 Å². The molecular formula is C22H36B2O4. The van der Waals surface area contributed by atoms with Gasteiger partial charge in [-0.15, -0.1) is 0 Å². The van der Waals surface area contributed by atoms with Crippen molar-refractivity contribution in [3.05, 3.63) is 23.3 Å². The second-order valence-electron chi connectivity index (χ2n) is 10.1. The van der Waals surface area contributed by atoms with Crippen LogP contribution in [0.5, 0.6) is 0 Å². The second kappa shape index (κ2) is 6.87. The molecular weight excluding hydrogens is 350 g/mol. The maximum absolute atomic E-state index is 6.34. The number of hydrogen-bond donors (Lipinski definition) is 0. The zero-order valence-electron chi connectivity index (χ0n) is 19.4. The van der Waals surface area contributed by atoms with Crippen molar-refractivity contribution in [2.24, 2.45) is 0 Å². The molecule has 0 amide bonds. The van der Waals surface area contributed by atoms with Gasteiger partial charge < -0.3 is 18.6 Å². The van der Waals surface area contributed by atoms with Crippen LogP contribution in [-0.2, 0) is 31.5 Å². The Bertz CT molecular complexity index is 659. The van der Waals surface area contributed by atoms with Crippen LogP contribution in [0.2, 0.25) is 0 Å². The fourth-order valence-electron chi connectivity index (χ4n) is 3.72. The highest BCUT2D eigenvalue weighted by molar-refractivity contribution is 6.65. The van der Waals surface area contributed by atoms with E-state index in [1.807, 2.05) is 0 Å². The normalized spacial score (nSPS) is 24.8. The molecule has 1 aromatic rings. The van der Waals surface area contributed by atoms with E-state index in [4.69, 9.17) is 18.6 Å². The van der Waals surface area contributed by atoms with E-state index in [1.54, 1.807) is 0 Å². The number of hydrogen-bond acceptors (Lipinski definition) is 4. The molecule has 0 aromatic heterocycles. The molecule has 0 radical (unpaired) electrons.